The summed E-state index contributed by atoms with van der Waals surface area (Å²) >= 11 is 0. The largest absolute Gasteiger partial charge is 0.497 e. The van der Waals surface area contributed by atoms with Gasteiger partial charge in [-0.1, -0.05) is 17.3 Å². The zero-order valence-corrected chi connectivity index (χ0v) is 18.7. The number of rotatable bonds is 5. The van der Waals surface area contributed by atoms with Gasteiger partial charge in [0.15, 0.2) is 6.04 Å². The monoisotopic (exact) mass is 440 g/mol. The summed E-state index contributed by atoms with van der Waals surface area (Å²) in [5.74, 6) is 1.75. The van der Waals surface area contributed by atoms with Crippen LogP contribution in [-0.4, -0.2) is 40.7 Å². The molecule has 0 amide bonds. The first kappa shape index (κ1) is 19.8. The predicted octanol–water partition coefficient (Wildman–Crippen LogP) is 3.19. The molecule has 3 heterocycles. The lowest BCUT2D eigenvalue weighted by atomic mass is 9.93. The van der Waals surface area contributed by atoms with E-state index in [0.29, 0.717) is 6.54 Å². The lowest BCUT2D eigenvalue weighted by Crippen LogP contribution is -2.87. The first-order chi connectivity index (χ1) is 16.2. The van der Waals surface area contributed by atoms with Gasteiger partial charge in [0.2, 0.25) is 0 Å². The van der Waals surface area contributed by atoms with Crippen LogP contribution in [0.5, 0.6) is 11.5 Å². The van der Waals surface area contributed by atoms with Crippen LogP contribution in [0, 0.1) is 0 Å². The zero-order valence-electron chi connectivity index (χ0n) is 18.7. The second-order valence-corrected chi connectivity index (χ2v) is 8.49. The zero-order chi connectivity index (χ0) is 22.4. The average Bonchev–Trinajstić information content (AvgIpc) is 3.45. The Kier molecular flexibility index (Phi) is 4.77. The van der Waals surface area contributed by atoms with Crippen molar-refractivity contribution in [2.75, 3.05) is 20.8 Å². The topological polar surface area (TPSA) is 81.6 Å². The minimum absolute atomic E-state index is 0.198. The van der Waals surface area contributed by atoms with Crippen molar-refractivity contribution in [2.45, 2.75) is 19.0 Å². The van der Waals surface area contributed by atoms with Crippen molar-refractivity contribution in [3.63, 3.8) is 0 Å². The Labute approximate surface area is 191 Å². The smallest absolute Gasteiger partial charge is 0.153 e. The molecule has 6 rings (SSSR count). The Morgan fingerprint density at radius 3 is 2.85 bits per heavy atom. The molecular weight excluding hydrogens is 414 g/mol. The minimum atomic E-state index is 0.198. The SMILES string of the molecule is COc1ccc2[nH]c3c(c2c1)CC[NH2+][C@H]3c1ccc(OC)c(Cn2nnc3ccccc32)c1. The number of fused-ring (bicyclic) bond motifs is 4. The molecule has 3 N–H and O–H groups in total. The van der Waals surface area contributed by atoms with Crippen LogP contribution in [0.3, 0.4) is 0 Å². The molecule has 33 heavy (non-hydrogen) atoms. The number of aromatic nitrogens is 4. The molecule has 7 heteroatoms. The molecule has 0 spiro atoms. The third-order valence-electron chi connectivity index (χ3n) is 6.66. The number of quaternary nitrogens is 1. The third kappa shape index (κ3) is 3.32. The predicted molar refractivity (Wildman–Crippen MR) is 127 cm³/mol. The maximum Gasteiger partial charge on any atom is 0.153 e. The Hall–Kier alpha value is -3.84. The number of nitrogens with one attached hydrogen (secondary N) is 1. The number of methoxy groups -OCH3 is 2. The number of nitrogens with zero attached hydrogens (tertiary/aromatic N) is 3. The number of benzene rings is 3. The highest BCUT2D eigenvalue weighted by Gasteiger charge is 2.29. The Bertz CT molecular complexity index is 1470. The number of ether oxygens (including phenoxy) is 2. The maximum atomic E-state index is 5.70. The summed E-state index contributed by atoms with van der Waals surface area (Å²) in [7, 11) is 3.43. The molecule has 0 aliphatic carbocycles. The van der Waals surface area contributed by atoms with Gasteiger partial charge in [0.1, 0.15) is 17.0 Å². The van der Waals surface area contributed by atoms with E-state index in [2.05, 4.69) is 50.9 Å². The molecule has 166 valence electrons. The summed E-state index contributed by atoms with van der Waals surface area (Å²) < 4.78 is 13.1. The van der Waals surface area contributed by atoms with Crippen LogP contribution in [0.25, 0.3) is 21.9 Å². The fraction of sp³-hybridized carbons (Fsp3) is 0.231. The van der Waals surface area contributed by atoms with Gasteiger partial charge in [0.05, 0.1) is 38.5 Å². The van der Waals surface area contributed by atoms with Gasteiger partial charge in [0, 0.05) is 28.5 Å². The summed E-state index contributed by atoms with van der Waals surface area (Å²) in [6.45, 7) is 1.64. The van der Waals surface area contributed by atoms with Crippen molar-refractivity contribution in [1.29, 1.82) is 0 Å². The standard InChI is InChI=1S/C26H25N5O2/c1-32-18-8-9-21-20(14-18)19-11-12-27-25(26(19)28-21)16-7-10-24(33-2)17(13-16)15-31-23-6-4-3-5-22(23)29-30-31/h3-10,13-14,25,27-28H,11-12,15H2,1-2H3/p+1/t25-/m0/s1. The molecule has 7 nitrogen and oxygen atoms in total. The van der Waals surface area contributed by atoms with Gasteiger partial charge in [-0.15, -0.1) is 5.10 Å². The Morgan fingerprint density at radius 2 is 1.97 bits per heavy atom. The second-order valence-electron chi connectivity index (χ2n) is 8.49. The van der Waals surface area contributed by atoms with Crippen molar-refractivity contribution in [3.05, 3.63) is 83.0 Å². The molecule has 0 bridgehead atoms. The first-order valence-electron chi connectivity index (χ1n) is 11.2. The molecule has 0 fully saturated rings. The number of aromatic amines is 1. The van der Waals surface area contributed by atoms with E-state index in [1.165, 1.54) is 22.2 Å². The second kappa shape index (κ2) is 7.94. The van der Waals surface area contributed by atoms with Crippen molar-refractivity contribution < 1.29 is 14.8 Å². The highest BCUT2D eigenvalue weighted by Crippen LogP contribution is 2.34. The van der Waals surface area contributed by atoms with E-state index in [0.717, 1.165) is 46.6 Å². The van der Waals surface area contributed by atoms with E-state index in [9.17, 15) is 0 Å². The van der Waals surface area contributed by atoms with Crippen LogP contribution >= 0.6 is 0 Å². The van der Waals surface area contributed by atoms with E-state index in [1.807, 2.05) is 35.0 Å². The number of H-pyrrole nitrogens is 1. The Balaban J connectivity index is 1.41. The van der Waals surface area contributed by atoms with Gasteiger partial charge in [-0.25, -0.2) is 4.68 Å². The van der Waals surface area contributed by atoms with Crippen LogP contribution in [-0.2, 0) is 13.0 Å². The lowest BCUT2D eigenvalue weighted by Gasteiger charge is -2.22. The molecule has 3 aromatic carbocycles. The van der Waals surface area contributed by atoms with Crippen molar-refractivity contribution >= 4 is 21.9 Å². The van der Waals surface area contributed by atoms with E-state index in [1.54, 1.807) is 14.2 Å². The van der Waals surface area contributed by atoms with Gasteiger partial charge < -0.3 is 19.8 Å². The molecule has 0 saturated carbocycles. The van der Waals surface area contributed by atoms with Crippen LogP contribution in [0.15, 0.2) is 60.7 Å². The Morgan fingerprint density at radius 1 is 1.06 bits per heavy atom. The number of hydrogen-bond acceptors (Lipinski definition) is 4. The first-order valence-corrected chi connectivity index (χ1v) is 11.2. The average molecular weight is 441 g/mol. The van der Waals surface area contributed by atoms with Crippen molar-refractivity contribution in [1.82, 2.24) is 20.0 Å². The van der Waals surface area contributed by atoms with Crippen molar-refractivity contribution in [2.24, 2.45) is 0 Å². The molecule has 1 aliphatic heterocycles. The van der Waals surface area contributed by atoms with Gasteiger partial charge in [-0.3, -0.25) is 0 Å². The maximum absolute atomic E-state index is 5.70. The van der Waals surface area contributed by atoms with Crippen molar-refractivity contribution in [3.8, 4) is 11.5 Å². The fourth-order valence-corrected chi connectivity index (χ4v) is 5.04. The van der Waals surface area contributed by atoms with Crippen LogP contribution in [0.4, 0.5) is 0 Å². The van der Waals surface area contributed by atoms with Crippen LogP contribution < -0.4 is 14.8 Å². The quantitative estimate of drug-likeness (QED) is 0.440. The third-order valence-corrected chi connectivity index (χ3v) is 6.66. The number of nitrogens with two attached hydrogens (primary N) is 1. The van der Waals surface area contributed by atoms with E-state index in [4.69, 9.17) is 9.47 Å². The van der Waals surface area contributed by atoms with Gasteiger partial charge in [0.25, 0.3) is 0 Å². The molecule has 0 saturated heterocycles. The summed E-state index contributed by atoms with van der Waals surface area (Å²) in [6, 6.07) is 21.0. The highest BCUT2D eigenvalue weighted by atomic mass is 16.5. The summed E-state index contributed by atoms with van der Waals surface area (Å²) in [5, 5.41) is 12.3. The highest BCUT2D eigenvalue weighted by molar-refractivity contribution is 5.86. The normalized spacial score (nSPS) is 15.6. The molecule has 0 radical (unpaired) electrons. The molecule has 5 aromatic rings. The van der Waals surface area contributed by atoms with Crippen LogP contribution in [0.1, 0.15) is 28.4 Å². The van der Waals surface area contributed by atoms with E-state index < -0.39 is 0 Å². The van der Waals surface area contributed by atoms with Gasteiger partial charge >= 0.3 is 0 Å². The minimum Gasteiger partial charge on any atom is -0.497 e. The lowest BCUT2D eigenvalue weighted by molar-refractivity contribution is -0.690. The van der Waals surface area contributed by atoms with E-state index in [-0.39, 0.29) is 6.04 Å². The number of para-hydroxylation sites is 1. The fourth-order valence-electron chi connectivity index (χ4n) is 5.04. The molecular formula is C26H26N5O2+. The van der Waals surface area contributed by atoms with Gasteiger partial charge in [-0.2, -0.15) is 0 Å². The molecule has 1 aliphatic rings. The summed E-state index contributed by atoms with van der Waals surface area (Å²) in [5.41, 5.74) is 8.05. The molecule has 2 aromatic heterocycles. The van der Waals surface area contributed by atoms with E-state index >= 15 is 0 Å². The van der Waals surface area contributed by atoms with Crippen LogP contribution in [0.2, 0.25) is 0 Å². The summed E-state index contributed by atoms with van der Waals surface area (Å²) in [4.78, 5) is 3.69. The molecule has 1 atom stereocenters. The molecule has 0 unspecified atom stereocenters. The van der Waals surface area contributed by atoms with Gasteiger partial charge in [-0.05, 0) is 54.1 Å². The number of hydrogen-bond donors (Lipinski definition) is 2. The summed E-state index contributed by atoms with van der Waals surface area (Å²) in [6.07, 6.45) is 1.03.